The van der Waals surface area contributed by atoms with Crippen molar-refractivity contribution in [3.63, 3.8) is 0 Å². The molecule has 1 aromatic carbocycles. The van der Waals surface area contributed by atoms with Crippen LogP contribution in [0.3, 0.4) is 0 Å². The highest BCUT2D eigenvalue weighted by Crippen LogP contribution is 2.21. The van der Waals surface area contributed by atoms with E-state index in [1.807, 2.05) is 19.1 Å². The summed E-state index contributed by atoms with van der Waals surface area (Å²) < 4.78 is 5.41. The highest BCUT2D eigenvalue weighted by atomic mass is 16.5. The van der Waals surface area contributed by atoms with E-state index in [1.54, 1.807) is 6.07 Å². The maximum atomic E-state index is 10.8. The number of ether oxygens (including phenoxy) is 1. The summed E-state index contributed by atoms with van der Waals surface area (Å²) in [5.41, 5.74) is 2.50. The first kappa shape index (κ1) is 13.4. The summed E-state index contributed by atoms with van der Waals surface area (Å²) in [5, 5.41) is 20.9. The molecule has 1 fully saturated rings. The van der Waals surface area contributed by atoms with Crippen molar-refractivity contribution in [3.05, 3.63) is 29.3 Å². The molecular weight excluding hydrogens is 244 g/mol. The van der Waals surface area contributed by atoms with Crippen LogP contribution in [0, 0.1) is 18.3 Å². The van der Waals surface area contributed by atoms with E-state index < -0.39 is 12.1 Å². The van der Waals surface area contributed by atoms with E-state index >= 15 is 0 Å². The van der Waals surface area contributed by atoms with Crippen LogP contribution >= 0.6 is 0 Å². The summed E-state index contributed by atoms with van der Waals surface area (Å²) in [7, 11) is 0. The van der Waals surface area contributed by atoms with Gasteiger partial charge in [0.15, 0.2) is 6.10 Å². The molecule has 0 aliphatic carbocycles. The second-order valence-electron chi connectivity index (χ2n) is 4.68. The smallest absolute Gasteiger partial charge is 0.332 e. The fourth-order valence-electron chi connectivity index (χ4n) is 2.17. The minimum absolute atomic E-state index is 0.0722. The Hall–Kier alpha value is -2.06. The predicted molar refractivity (Wildman–Crippen MR) is 69.9 cm³/mol. The molecule has 1 aliphatic heterocycles. The maximum Gasteiger partial charge on any atom is 0.332 e. The van der Waals surface area contributed by atoms with Crippen LogP contribution in [0.15, 0.2) is 18.2 Å². The van der Waals surface area contributed by atoms with E-state index in [0.717, 1.165) is 17.7 Å². The number of rotatable bonds is 4. The summed E-state index contributed by atoms with van der Waals surface area (Å²) in [6.45, 7) is 2.46. The van der Waals surface area contributed by atoms with Crippen molar-refractivity contribution in [2.45, 2.75) is 32.0 Å². The van der Waals surface area contributed by atoms with Crippen LogP contribution in [0.2, 0.25) is 0 Å². The third kappa shape index (κ3) is 3.24. The predicted octanol–water partition coefficient (Wildman–Crippen LogP) is 1.91. The van der Waals surface area contributed by atoms with Crippen molar-refractivity contribution in [3.8, 4) is 6.07 Å². The first-order chi connectivity index (χ1) is 9.10. The minimum atomic E-state index is -0.892. The molecule has 2 rings (SSSR count). The largest absolute Gasteiger partial charge is 0.479 e. The number of nitrogens with zero attached hydrogens (tertiary/aromatic N) is 1. The highest BCUT2D eigenvalue weighted by Gasteiger charge is 2.30. The van der Waals surface area contributed by atoms with Crippen LogP contribution in [0.25, 0.3) is 0 Å². The van der Waals surface area contributed by atoms with E-state index in [4.69, 9.17) is 15.1 Å². The second-order valence-corrected chi connectivity index (χ2v) is 4.68. The van der Waals surface area contributed by atoms with Crippen LogP contribution in [-0.2, 0) is 9.53 Å². The summed E-state index contributed by atoms with van der Waals surface area (Å²) in [4.78, 5) is 10.8. The average molecular weight is 260 g/mol. The summed E-state index contributed by atoms with van der Waals surface area (Å²) >= 11 is 0. The van der Waals surface area contributed by atoms with Gasteiger partial charge in [-0.2, -0.15) is 5.26 Å². The molecule has 0 radical (unpaired) electrons. The third-order valence-corrected chi connectivity index (χ3v) is 3.26. The number of hydrogen-bond donors (Lipinski definition) is 2. The number of carbonyl (C=O) groups is 1. The Morgan fingerprint density at radius 2 is 2.37 bits per heavy atom. The van der Waals surface area contributed by atoms with Gasteiger partial charge in [-0.05, 0) is 43.5 Å². The van der Waals surface area contributed by atoms with Gasteiger partial charge in [0.1, 0.15) is 0 Å². The zero-order valence-corrected chi connectivity index (χ0v) is 10.7. The van der Waals surface area contributed by atoms with Gasteiger partial charge in [0, 0.05) is 12.2 Å². The standard InChI is InChI=1S/C14H16N2O3/c1-9-6-11(3-2-10(9)7-15)16-8-12-4-5-13(19-12)14(17)18/h2-3,6,12-13,16H,4-5,8H2,1H3,(H,17,18). The molecule has 1 aromatic rings. The number of aliphatic carboxylic acids is 1. The SMILES string of the molecule is Cc1cc(NCC2CCC(C(=O)O)O2)ccc1C#N. The lowest BCUT2D eigenvalue weighted by Crippen LogP contribution is -2.24. The lowest BCUT2D eigenvalue weighted by molar-refractivity contribution is -0.149. The zero-order chi connectivity index (χ0) is 13.8. The molecular formula is C14H16N2O3. The molecule has 2 atom stereocenters. The van der Waals surface area contributed by atoms with Crippen molar-refractivity contribution in [1.29, 1.82) is 5.26 Å². The number of hydrogen-bond acceptors (Lipinski definition) is 4. The number of carboxylic acid groups (broad SMARTS) is 1. The van der Waals surface area contributed by atoms with Gasteiger partial charge in [-0.15, -0.1) is 0 Å². The molecule has 2 N–H and O–H groups in total. The fourth-order valence-corrected chi connectivity index (χ4v) is 2.17. The first-order valence-corrected chi connectivity index (χ1v) is 6.23. The monoisotopic (exact) mass is 260 g/mol. The maximum absolute atomic E-state index is 10.8. The lowest BCUT2D eigenvalue weighted by atomic mass is 10.1. The molecule has 2 unspecified atom stereocenters. The Morgan fingerprint density at radius 1 is 1.58 bits per heavy atom. The summed E-state index contributed by atoms with van der Waals surface area (Å²) in [6, 6.07) is 7.64. The van der Waals surface area contributed by atoms with Crippen molar-refractivity contribution < 1.29 is 14.6 Å². The quantitative estimate of drug-likeness (QED) is 0.864. The van der Waals surface area contributed by atoms with Gasteiger partial charge < -0.3 is 15.2 Å². The number of aryl methyl sites for hydroxylation is 1. The van der Waals surface area contributed by atoms with Crippen LogP contribution in [0.1, 0.15) is 24.0 Å². The molecule has 5 heteroatoms. The Morgan fingerprint density at radius 3 is 2.95 bits per heavy atom. The molecule has 19 heavy (non-hydrogen) atoms. The van der Waals surface area contributed by atoms with Gasteiger partial charge in [-0.25, -0.2) is 4.79 Å². The Labute approximate surface area is 111 Å². The zero-order valence-electron chi connectivity index (χ0n) is 10.7. The Bertz CT molecular complexity index is 522. The number of nitrogens with one attached hydrogen (secondary N) is 1. The van der Waals surface area contributed by atoms with Gasteiger partial charge in [0.05, 0.1) is 17.7 Å². The minimum Gasteiger partial charge on any atom is -0.479 e. The highest BCUT2D eigenvalue weighted by molar-refractivity contribution is 5.72. The van der Waals surface area contributed by atoms with Gasteiger partial charge in [-0.3, -0.25) is 0 Å². The Kier molecular flexibility index (Phi) is 4.03. The molecule has 5 nitrogen and oxygen atoms in total. The molecule has 0 spiro atoms. The van der Waals surface area contributed by atoms with Crippen molar-refractivity contribution in [2.24, 2.45) is 0 Å². The number of nitriles is 1. The molecule has 1 heterocycles. The van der Waals surface area contributed by atoms with Crippen molar-refractivity contribution >= 4 is 11.7 Å². The molecule has 0 aromatic heterocycles. The molecule has 0 bridgehead atoms. The molecule has 1 aliphatic rings. The van der Waals surface area contributed by atoms with Gasteiger partial charge in [0.25, 0.3) is 0 Å². The Balaban J connectivity index is 1.88. The van der Waals surface area contributed by atoms with Crippen LogP contribution in [0.5, 0.6) is 0 Å². The van der Waals surface area contributed by atoms with E-state index in [2.05, 4.69) is 11.4 Å². The van der Waals surface area contributed by atoms with Gasteiger partial charge >= 0.3 is 5.97 Å². The summed E-state index contributed by atoms with van der Waals surface area (Å²) in [6.07, 6.45) is 0.569. The van der Waals surface area contributed by atoms with E-state index in [0.29, 0.717) is 18.5 Å². The average Bonchev–Trinajstić information content (AvgIpc) is 2.85. The third-order valence-electron chi connectivity index (χ3n) is 3.26. The fraction of sp³-hybridized carbons (Fsp3) is 0.429. The number of anilines is 1. The molecule has 0 amide bonds. The second kappa shape index (κ2) is 5.72. The normalized spacial score (nSPS) is 21.9. The molecule has 100 valence electrons. The lowest BCUT2D eigenvalue weighted by Gasteiger charge is -2.13. The van der Waals surface area contributed by atoms with Crippen molar-refractivity contribution in [1.82, 2.24) is 0 Å². The van der Waals surface area contributed by atoms with Gasteiger partial charge in [0.2, 0.25) is 0 Å². The topological polar surface area (TPSA) is 82.3 Å². The van der Waals surface area contributed by atoms with Gasteiger partial charge in [-0.1, -0.05) is 0 Å². The van der Waals surface area contributed by atoms with Crippen LogP contribution in [-0.4, -0.2) is 29.8 Å². The first-order valence-electron chi connectivity index (χ1n) is 6.23. The van der Waals surface area contributed by atoms with Crippen LogP contribution < -0.4 is 5.32 Å². The summed E-state index contributed by atoms with van der Waals surface area (Å²) in [5.74, 6) is -0.892. The number of benzene rings is 1. The van der Waals surface area contributed by atoms with Crippen LogP contribution in [0.4, 0.5) is 5.69 Å². The number of carboxylic acids is 1. The van der Waals surface area contributed by atoms with E-state index in [-0.39, 0.29) is 6.10 Å². The van der Waals surface area contributed by atoms with E-state index in [9.17, 15) is 4.79 Å². The molecule has 1 saturated heterocycles. The van der Waals surface area contributed by atoms with E-state index in [1.165, 1.54) is 0 Å². The molecule has 0 saturated carbocycles. The van der Waals surface area contributed by atoms with Crippen molar-refractivity contribution in [2.75, 3.05) is 11.9 Å².